The Morgan fingerprint density at radius 2 is 1.35 bits per heavy atom. The van der Waals surface area contributed by atoms with E-state index in [9.17, 15) is 0 Å². The second kappa shape index (κ2) is 7.25. The standard InChI is InChI=1S/C11H22O6/c1-12-6-7-8(13-2)9(14-3)10(15-4)11(16-5)17-7/h7-11H,6H2,1-5H3/t7-,8-,9+,10+,11?/m1/s1. The molecule has 0 aliphatic carbocycles. The third kappa shape index (κ3) is 3.15. The summed E-state index contributed by atoms with van der Waals surface area (Å²) in [6.45, 7) is 0.411. The maximum absolute atomic E-state index is 5.74. The summed E-state index contributed by atoms with van der Waals surface area (Å²) in [4.78, 5) is 0. The molecule has 1 aliphatic rings. The molecule has 1 unspecified atom stereocenters. The molecule has 0 aromatic heterocycles. The first-order chi connectivity index (χ1) is 8.23. The Labute approximate surface area is 102 Å². The van der Waals surface area contributed by atoms with Gasteiger partial charge in [-0.2, -0.15) is 0 Å². The number of hydrogen-bond acceptors (Lipinski definition) is 6. The van der Waals surface area contributed by atoms with Crippen LogP contribution >= 0.6 is 0 Å². The van der Waals surface area contributed by atoms with E-state index in [4.69, 9.17) is 28.4 Å². The van der Waals surface area contributed by atoms with Gasteiger partial charge in [-0.25, -0.2) is 0 Å². The van der Waals surface area contributed by atoms with Crippen LogP contribution in [0.2, 0.25) is 0 Å². The highest BCUT2D eigenvalue weighted by Gasteiger charge is 2.47. The van der Waals surface area contributed by atoms with Crippen molar-refractivity contribution in [2.45, 2.75) is 30.7 Å². The van der Waals surface area contributed by atoms with Gasteiger partial charge in [0.15, 0.2) is 6.29 Å². The lowest BCUT2D eigenvalue weighted by molar-refractivity contribution is -0.307. The molecule has 6 nitrogen and oxygen atoms in total. The van der Waals surface area contributed by atoms with Crippen molar-refractivity contribution in [1.29, 1.82) is 0 Å². The Kier molecular flexibility index (Phi) is 6.32. The molecule has 17 heavy (non-hydrogen) atoms. The van der Waals surface area contributed by atoms with Crippen LogP contribution in [0.1, 0.15) is 0 Å². The lowest BCUT2D eigenvalue weighted by atomic mass is 9.98. The third-order valence-electron chi connectivity index (χ3n) is 2.97. The molecule has 0 radical (unpaired) electrons. The SMILES string of the molecule is COC[C@H]1OC(OC)[C@@H](OC)[C@@H](OC)[C@@H]1OC. The molecule has 1 fully saturated rings. The van der Waals surface area contributed by atoms with Crippen LogP contribution in [0.4, 0.5) is 0 Å². The van der Waals surface area contributed by atoms with Crippen molar-refractivity contribution < 1.29 is 28.4 Å². The molecule has 0 aromatic carbocycles. The molecule has 0 bridgehead atoms. The van der Waals surface area contributed by atoms with Gasteiger partial charge >= 0.3 is 0 Å². The van der Waals surface area contributed by atoms with Gasteiger partial charge in [0.1, 0.15) is 24.4 Å². The molecular formula is C11H22O6. The van der Waals surface area contributed by atoms with Crippen molar-refractivity contribution in [2.75, 3.05) is 42.2 Å². The smallest absolute Gasteiger partial charge is 0.186 e. The minimum atomic E-state index is -0.489. The highest BCUT2D eigenvalue weighted by Crippen LogP contribution is 2.27. The van der Waals surface area contributed by atoms with E-state index in [1.807, 2.05) is 0 Å². The fraction of sp³-hybridized carbons (Fsp3) is 1.00. The molecule has 0 amide bonds. The van der Waals surface area contributed by atoms with E-state index in [0.29, 0.717) is 6.61 Å². The van der Waals surface area contributed by atoms with Crippen molar-refractivity contribution in [3.63, 3.8) is 0 Å². The van der Waals surface area contributed by atoms with Crippen molar-refractivity contribution in [1.82, 2.24) is 0 Å². The van der Waals surface area contributed by atoms with E-state index in [-0.39, 0.29) is 24.4 Å². The predicted molar refractivity (Wildman–Crippen MR) is 59.9 cm³/mol. The second-order valence-corrected chi connectivity index (χ2v) is 3.83. The molecular weight excluding hydrogens is 228 g/mol. The Morgan fingerprint density at radius 1 is 0.765 bits per heavy atom. The van der Waals surface area contributed by atoms with Gasteiger partial charge in [-0.15, -0.1) is 0 Å². The highest BCUT2D eigenvalue weighted by molar-refractivity contribution is 4.92. The second-order valence-electron chi connectivity index (χ2n) is 3.83. The molecule has 0 aromatic rings. The van der Waals surface area contributed by atoms with Gasteiger partial charge in [-0.05, 0) is 0 Å². The largest absolute Gasteiger partial charge is 0.382 e. The molecule has 1 saturated heterocycles. The molecule has 0 N–H and O–H groups in total. The molecule has 0 saturated carbocycles. The Hall–Kier alpha value is -0.240. The number of hydrogen-bond donors (Lipinski definition) is 0. The van der Waals surface area contributed by atoms with Crippen molar-refractivity contribution in [3.05, 3.63) is 0 Å². The lowest BCUT2D eigenvalue weighted by Gasteiger charge is -2.44. The first-order valence-corrected chi connectivity index (χ1v) is 5.49. The summed E-state index contributed by atoms with van der Waals surface area (Å²) < 4.78 is 32.3. The van der Waals surface area contributed by atoms with Gasteiger partial charge in [0, 0.05) is 35.5 Å². The predicted octanol–water partition coefficient (Wildman–Crippen LogP) is 0.0491. The van der Waals surface area contributed by atoms with Gasteiger partial charge in [-0.3, -0.25) is 0 Å². The average molecular weight is 250 g/mol. The third-order valence-corrected chi connectivity index (χ3v) is 2.97. The zero-order chi connectivity index (χ0) is 12.8. The fourth-order valence-electron chi connectivity index (χ4n) is 2.17. The van der Waals surface area contributed by atoms with Crippen LogP contribution in [0.15, 0.2) is 0 Å². The maximum atomic E-state index is 5.74. The van der Waals surface area contributed by atoms with E-state index in [2.05, 4.69) is 0 Å². The molecule has 1 heterocycles. The first kappa shape index (κ1) is 14.8. The quantitative estimate of drug-likeness (QED) is 0.664. The minimum Gasteiger partial charge on any atom is -0.382 e. The zero-order valence-electron chi connectivity index (χ0n) is 11.0. The topological polar surface area (TPSA) is 55.4 Å². The van der Waals surface area contributed by atoms with E-state index < -0.39 is 6.29 Å². The van der Waals surface area contributed by atoms with Gasteiger partial charge in [0.2, 0.25) is 0 Å². The summed E-state index contributed by atoms with van der Waals surface area (Å²) in [5.74, 6) is 0. The highest BCUT2D eigenvalue weighted by atomic mass is 16.7. The fourth-order valence-corrected chi connectivity index (χ4v) is 2.17. The molecule has 102 valence electrons. The number of ether oxygens (including phenoxy) is 6. The van der Waals surface area contributed by atoms with E-state index in [1.165, 1.54) is 0 Å². The van der Waals surface area contributed by atoms with E-state index >= 15 is 0 Å². The molecule has 5 atom stereocenters. The summed E-state index contributed by atoms with van der Waals surface area (Å²) in [5, 5.41) is 0. The Morgan fingerprint density at radius 3 is 1.76 bits per heavy atom. The van der Waals surface area contributed by atoms with Crippen molar-refractivity contribution in [3.8, 4) is 0 Å². The van der Waals surface area contributed by atoms with E-state index in [0.717, 1.165) is 0 Å². The molecule has 6 heteroatoms. The maximum Gasteiger partial charge on any atom is 0.186 e. The van der Waals surface area contributed by atoms with Gasteiger partial charge < -0.3 is 28.4 Å². The molecule has 1 aliphatic heterocycles. The molecule has 1 rings (SSSR count). The first-order valence-electron chi connectivity index (χ1n) is 5.49. The summed E-state index contributed by atoms with van der Waals surface area (Å²) in [6, 6.07) is 0. The summed E-state index contributed by atoms with van der Waals surface area (Å²) in [7, 11) is 8.01. The Bertz CT molecular complexity index is 212. The van der Waals surface area contributed by atoms with Crippen LogP contribution in [0.5, 0.6) is 0 Å². The van der Waals surface area contributed by atoms with Gasteiger partial charge in [-0.1, -0.05) is 0 Å². The summed E-state index contributed by atoms with van der Waals surface area (Å²) >= 11 is 0. The van der Waals surface area contributed by atoms with Crippen LogP contribution in [-0.4, -0.2) is 72.9 Å². The van der Waals surface area contributed by atoms with Crippen molar-refractivity contribution >= 4 is 0 Å². The molecule has 0 spiro atoms. The van der Waals surface area contributed by atoms with Gasteiger partial charge in [0.05, 0.1) is 6.61 Å². The van der Waals surface area contributed by atoms with Gasteiger partial charge in [0.25, 0.3) is 0 Å². The monoisotopic (exact) mass is 250 g/mol. The normalized spacial score (nSPS) is 38.3. The minimum absolute atomic E-state index is 0.244. The zero-order valence-corrected chi connectivity index (χ0v) is 11.0. The number of rotatable bonds is 6. The van der Waals surface area contributed by atoms with Crippen LogP contribution in [-0.2, 0) is 28.4 Å². The Balaban J connectivity index is 2.84. The van der Waals surface area contributed by atoms with Crippen LogP contribution in [0.3, 0.4) is 0 Å². The lowest BCUT2D eigenvalue weighted by Crippen LogP contribution is -2.61. The number of methoxy groups -OCH3 is 5. The van der Waals surface area contributed by atoms with Crippen LogP contribution in [0, 0.1) is 0 Å². The summed E-state index contributed by atoms with van der Waals surface area (Å²) in [5.41, 5.74) is 0. The summed E-state index contributed by atoms with van der Waals surface area (Å²) in [6.07, 6.45) is -1.58. The van der Waals surface area contributed by atoms with Crippen molar-refractivity contribution in [2.24, 2.45) is 0 Å². The van der Waals surface area contributed by atoms with E-state index in [1.54, 1.807) is 35.5 Å². The van der Waals surface area contributed by atoms with Crippen LogP contribution < -0.4 is 0 Å². The van der Waals surface area contributed by atoms with Crippen LogP contribution in [0.25, 0.3) is 0 Å². The average Bonchev–Trinajstić information content (AvgIpc) is 2.37.